The average molecular weight is 427 g/mol. The Morgan fingerprint density at radius 3 is 2.31 bits per heavy atom. The van der Waals surface area contributed by atoms with Gasteiger partial charge in [-0.3, -0.25) is 4.99 Å². The van der Waals surface area contributed by atoms with Gasteiger partial charge in [-0.2, -0.15) is 0 Å². The average Bonchev–Trinajstić information content (AvgIpc) is 2.73. The summed E-state index contributed by atoms with van der Waals surface area (Å²) in [5, 5.41) is 0. The quantitative estimate of drug-likeness (QED) is 0.386. The molecule has 4 rings (SSSR count). The van der Waals surface area contributed by atoms with Crippen molar-refractivity contribution in [3.63, 3.8) is 0 Å². The molecule has 166 valence electrons. The first-order chi connectivity index (χ1) is 15.2. The number of aryl methyl sites for hydroxylation is 1. The van der Waals surface area contributed by atoms with E-state index >= 15 is 0 Å². The largest absolute Gasteiger partial charge is 0.457 e. The Hall–Kier alpha value is -3.07. The van der Waals surface area contributed by atoms with E-state index in [1.54, 1.807) is 0 Å². The van der Waals surface area contributed by atoms with Gasteiger partial charge in [0, 0.05) is 23.5 Å². The van der Waals surface area contributed by atoms with Crippen LogP contribution >= 0.6 is 0 Å². The molecular weight excluding hydrogens is 392 g/mol. The van der Waals surface area contributed by atoms with Crippen molar-refractivity contribution in [3.8, 4) is 11.5 Å². The van der Waals surface area contributed by atoms with E-state index in [1.807, 2.05) is 60.8 Å². The molecule has 0 radical (unpaired) electrons. The molecule has 0 aliphatic carbocycles. The van der Waals surface area contributed by atoms with E-state index in [2.05, 4.69) is 58.6 Å². The molecule has 1 heterocycles. The van der Waals surface area contributed by atoms with E-state index in [1.165, 1.54) is 22.4 Å². The van der Waals surface area contributed by atoms with Crippen molar-refractivity contribution in [2.24, 2.45) is 4.99 Å². The number of fused-ring (bicyclic) bond motifs is 1. The summed E-state index contributed by atoms with van der Waals surface area (Å²) in [6, 6.07) is 22.9. The number of hydrogen-bond acceptors (Lipinski definition) is 3. The highest BCUT2D eigenvalue weighted by molar-refractivity contribution is 5.86. The second kappa shape index (κ2) is 8.82. The van der Waals surface area contributed by atoms with Gasteiger partial charge < -0.3 is 9.64 Å². The van der Waals surface area contributed by atoms with Crippen LogP contribution in [0.25, 0.3) is 0 Å². The number of hydrogen-bond donors (Lipinski definition) is 0. The van der Waals surface area contributed by atoms with Crippen LogP contribution in [0.3, 0.4) is 0 Å². The number of benzene rings is 3. The molecule has 3 aromatic carbocycles. The zero-order chi connectivity index (χ0) is 22.9. The van der Waals surface area contributed by atoms with Crippen molar-refractivity contribution in [1.82, 2.24) is 0 Å². The summed E-state index contributed by atoms with van der Waals surface area (Å²) in [6.07, 6.45) is 3.15. The normalized spacial score (nSPS) is 17.6. The van der Waals surface area contributed by atoms with Crippen molar-refractivity contribution in [2.45, 2.75) is 65.5 Å². The zero-order valence-electron chi connectivity index (χ0n) is 20.1. The minimum Gasteiger partial charge on any atom is -0.457 e. The summed E-state index contributed by atoms with van der Waals surface area (Å²) in [5.74, 6) is 2.17. The highest BCUT2D eigenvalue weighted by atomic mass is 16.5. The van der Waals surface area contributed by atoms with E-state index < -0.39 is 0 Å². The Bertz CT molecular complexity index is 1100. The Kier molecular flexibility index (Phi) is 6.10. The van der Waals surface area contributed by atoms with Crippen LogP contribution < -0.4 is 9.64 Å². The SMILES string of the molecule is Cc1cc2c(cc1C=Nc1ccc(Oc3ccccc3)cc1)[C@H](C)CC(C)(C)N2C(C)C. The smallest absolute Gasteiger partial charge is 0.127 e. The van der Waals surface area contributed by atoms with Crippen LogP contribution in [0.5, 0.6) is 11.5 Å². The molecule has 0 amide bonds. The van der Waals surface area contributed by atoms with Crippen molar-refractivity contribution in [1.29, 1.82) is 0 Å². The van der Waals surface area contributed by atoms with Gasteiger partial charge in [0.15, 0.2) is 0 Å². The summed E-state index contributed by atoms with van der Waals surface area (Å²) < 4.78 is 5.88. The molecule has 0 aromatic heterocycles. The maximum atomic E-state index is 5.88. The summed E-state index contributed by atoms with van der Waals surface area (Å²) in [5.41, 5.74) is 6.32. The highest BCUT2D eigenvalue weighted by Crippen LogP contribution is 2.45. The van der Waals surface area contributed by atoms with Crippen LogP contribution in [-0.4, -0.2) is 17.8 Å². The molecule has 0 saturated heterocycles. The number of anilines is 1. The molecule has 1 aliphatic heterocycles. The van der Waals surface area contributed by atoms with Crippen LogP contribution in [0, 0.1) is 6.92 Å². The summed E-state index contributed by atoms with van der Waals surface area (Å²) >= 11 is 0. The van der Waals surface area contributed by atoms with Gasteiger partial charge in [0.1, 0.15) is 11.5 Å². The molecule has 3 aromatic rings. The molecular formula is C29H34N2O. The Morgan fingerprint density at radius 2 is 1.66 bits per heavy atom. The van der Waals surface area contributed by atoms with E-state index in [0.29, 0.717) is 12.0 Å². The summed E-state index contributed by atoms with van der Waals surface area (Å²) in [6.45, 7) is 13.8. The van der Waals surface area contributed by atoms with Crippen molar-refractivity contribution in [2.75, 3.05) is 4.90 Å². The third-order valence-corrected chi connectivity index (χ3v) is 6.35. The fraction of sp³-hybridized carbons (Fsp3) is 0.345. The van der Waals surface area contributed by atoms with Gasteiger partial charge in [-0.1, -0.05) is 25.1 Å². The molecule has 0 spiro atoms. The lowest BCUT2D eigenvalue weighted by Gasteiger charge is -2.50. The van der Waals surface area contributed by atoms with Gasteiger partial charge in [-0.25, -0.2) is 0 Å². The van der Waals surface area contributed by atoms with Crippen molar-refractivity contribution >= 4 is 17.6 Å². The molecule has 3 nitrogen and oxygen atoms in total. The number of aliphatic imine (C=N–C) groups is 1. The number of rotatable bonds is 5. The van der Waals surface area contributed by atoms with Crippen molar-refractivity contribution in [3.05, 3.63) is 83.4 Å². The van der Waals surface area contributed by atoms with Crippen LogP contribution in [-0.2, 0) is 0 Å². The predicted octanol–water partition coefficient (Wildman–Crippen LogP) is 8.04. The minimum absolute atomic E-state index is 0.159. The zero-order valence-corrected chi connectivity index (χ0v) is 20.1. The Labute approximate surface area is 192 Å². The molecule has 0 fully saturated rings. The standard InChI is InChI=1S/C29H34N2O/c1-20(2)31-28-16-21(3)23(17-27(28)22(4)18-29(31,5)6)19-30-24-12-14-26(15-13-24)32-25-10-8-7-9-11-25/h7-17,19-20,22H,18H2,1-6H3/t22-/m1/s1. The fourth-order valence-corrected chi connectivity index (χ4v) is 5.10. The third kappa shape index (κ3) is 4.57. The number of para-hydroxylation sites is 1. The minimum atomic E-state index is 0.159. The number of nitrogens with zero attached hydrogens (tertiary/aromatic N) is 2. The summed E-state index contributed by atoms with van der Waals surface area (Å²) in [7, 11) is 0. The molecule has 0 unspecified atom stereocenters. The van der Waals surface area contributed by atoms with E-state index in [-0.39, 0.29) is 5.54 Å². The molecule has 1 atom stereocenters. The van der Waals surface area contributed by atoms with Gasteiger partial charge in [-0.15, -0.1) is 0 Å². The maximum absolute atomic E-state index is 5.88. The first-order valence-corrected chi connectivity index (χ1v) is 11.6. The second-order valence-corrected chi connectivity index (χ2v) is 9.82. The van der Waals surface area contributed by atoms with E-state index in [0.717, 1.165) is 23.6 Å². The Balaban J connectivity index is 1.57. The first-order valence-electron chi connectivity index (χ1n) is 11.6. The molecule has 0 saturated carbocycles. The molecule has 3 heteroatoms. The fourth-order valence-electron chi connectivity index (χ4n) is 5.10. The van der Waals surface area contributed by atoms with Crippen LogP contribution in [0.2, 0.25) is 0 Å². The highest BCUT2D eigenvalue weighted by Gasteiger charge is 2.37. The van der Waals surface area contributed by atoms with Crippen LogP contribution in [0.15, 0.2) is 71.7 Å². The van der Waals surface area contributed by atoms with Gasteiger partial charge >= 0.3 is 0 Å². The van der Waals surface area contributed by atoms with Gasteiger partial charge in [-0.05, 0) is 112 Å². The monoisotopic (exact) mass is 426 g/mol. The van der Waals surface area contributed by atoms with Crippen molar-refractivity contribution < 1.29 is 4.74 Å². The molecule has 1 aliphatic rings. The maximum Gasteiger partial charge on any atom is 0.127 e. The second-order valence-electron chi connectivity index (χ2n) is 9.82. The van der Waals surface area contributed by atoms with Crippen LogP contribution in [0.4, 0.5) is 11.4 Å². The lowest BCUT2D eigenvalue weighted by Crippen LogP contribution is -2.51. The predicted molar refractivity (Wildman–Crippen MR) is 136 cm³/mol. The van der Waals surface area contributed by atoms with E-state index in [9.17, 15) is 0 Å². The summed E-state index contributed by atoms with van der Waals surface area (Å²) in [4.78, 5) is 7.33. The number of ether oxygens (including phenoxy) is 1. The first kappa shape index (κ1) is 22.1. The van der Waals surface area contributed by atoms with Gasteiger partial charge in [0.2, 0.25) is 0 Å². The third-order valence-electron chi connectivity index (χ3n) is 6.35. The van der Waals surface area contributed by atoms with Gasteiger partial charge in [0.25, 0.3) is 0 Å². The lowest BCUT2D eigenvalue weighted by molar-refractivity contribution is 0.356. The van der Waals surface area contributed by atoms with Crippen LogP contribution in [0.1, 0.15) is 63.6 Å². The molecule has 0 N–H and O–H groups in total. The molecule has 32 heavy (non-hydrogen) atoms. The molecule has 0 bridgehead atoms. The van der Waals surface area contributed by atoms with E-state index in [4.69, 9.17) is 9.73 Å². The topological polar surface area (TPSA) is 24.8 Å². The lowest BCUT2D eigenvalue weighted by atomic mass is 9.78. The van der Waals surface area contributed by atoms with Gasteiger partial charge in [0.05, 0.1) is 5.69 Å². The Morgan fingerprint density at radius 1 is 1.00 bits per heavy atom.